The van der Waals surface area contributed by atoms with Gasteiger partial charge in [-0.3, -0.25) is 0 Å². The van der Waals surface area contributed by atoms with Crippen LogP contribution in [0.2, 0.25) is 0 Å². The number of benzene rings is 2. The Hall–Kier alpha value is -2.91. The first kappa shape index (κ1) is 14.0. The molecule has 0 radical (unpaired) electrons. The molecule has 6 nitrogen and oxygen atoms in total. The van der Waals surface area contributed by atoms with E-state index in [0.717, 1.165) is 10.8 Å². The average molecular weight is 294 g/mol. The zero-order valence-corrected chi connectivity index (χ0v) is 11.8. The first-order valence-electron chi connectivity index (χ1n) is 6.84. The van der Waals surface area contributed by atoms with Gasteiger partial charge in [0.05, 0.1) is 6.54 Å². The molecule has 2 aromatic carbocycles. The van der Waals surface area contributed by atoms with Crippen LogP contribution in [0.3, 0.4) is 0 Å². The highest BCUT2D eigenvalue weighted by atomic mass is 16.5. The minimum absolute atomic E-state index is 0.0858. The number of aliphatic hydroxyl groups excluding tert-OH is 1. The number of nitrogens with zero attached hydrogens (tertiary/aromatic N) is 4. The third-order valence-corrected chi connectivity index (χ3v) is 3.20. The number of hydrogen-bond donors (Lipinski definition) is 1. The van der Waals surface area contributed by atoms with Gasteiger partial charge < -0.3 is 9.84 Å². The zero-order valence-electron chi connectivity index (χ0n) is 11.8. The van der Waals surface area contributed by atoms with Crippen LogP contribution in [0.1, 0.15) is 5.82 Å². The van der Waals surface area contributed by atoms with Gasteiger partial charge in [-0.1, -0.05) is 30.3 Å². The van der Waals surface area contributed by atoms with Crippen LogP contribution < -0.4 is 4.74 Å². The lowest BCUT2D eigenvalue weighted by molar-refractivity contribution is 0.0893. The lowest BCUT2D eigenvalue weighted by Crippen LogP contribution is -2.23. The Balaban J connectivity index is 1.59. The highest BCUT2D eigenvalue weighted by Crippen LogP contribution is 2.20. The van der Waals surface area contributed by atoms with E-state index < -0.39 is 6.10 Å². The van der Waals surface area contributed by atoms with Crippen molar-refractivity contribution in [1.29, 1.82) is 5.26 Å². The molecule has 1 atom stereocenters. The Bertz CT molecular complexity index is 822. The second kappa shape index (κ2) is 6.24. The van der Waals surface area contributed by atoms with Crippen molar-refractivity contribution < 1.29 is 9.84 Å². The van der Waals surface area contributed by atoms with Crippen LogP contribution >= 0.6 is 0 Å². The molecule has 0 fully saturated rings. The predicted octanol–water partition coefficient (Wildman–Crippen LogP) is 1.74. The van der Waals surface area contributed by atoms with Crippen molar-refractivity contribution >= 4 is 10.8 Å². The van der Waals surface area contributed by atoms with Gasteiger partial charge in [-0.15, -0.1) is 5.10 Å². The molecule has 3 aromatic rings. The average Bonchev–Trinajstić information content (AvgIpc) is 3.00. The summed E-state index contributed by atoms with van der Waals surface area (Å²) in [7, 11) is 0. The molecule has 0 saturated heterocycles. The first-order chi connectivity index (χ1) is 10.7. The van der Waals surface area contributed by atoms with Crippen LogP contribution in [0.5, 0.6) is 5.75 Å². The van der Waals surface area contributed by atoms with Gasteiger partial charge >= 0.3 is 0 Å². The predicted molar refractivity (Wildman–Crippen MR) is 80.2 cm³/mol. The summed E-state index contributed by atoms with van der Waals surface area (Å²) in [6.07, 6.45) is 0.678. The molecule has 6 heteroatoms. The third-order valence-electron chi connectivity index (χ3n) is 3.20. The number of ether oxygens (including phenoxy) is 1. The molecule has 1 unspecified atom stereocenters. The summed E-state index contributed by atoms with van der Waals surface area (Å²) >= 11 is 0. The molecule has 1 aromatic heterocycles. The number of rotatable bonds is 5. The Labute approximate surface area is 127 Å². The molecule has 3 rings (SSSR count). The first-order valence-corrected chi connectivity index (χ1v) is 6.84. The normalized spacial score (nSPS) is 12.0. The second-order valence-corrected chi connectivity index (χ2v) is 4.88. The maximum atomic E-state index is 9.96. The van der Waals surface area contributed by atoms with E-state index in [2.05, 4.69) is 10.1 Å². The van der Waals surface area contributed by atoms with E-state index in [1.807, 2.05) is 48.5 Å². The van der Waals surface area contributed by atoms with Crippen molar-refractivity contribution in [3.63, 3.8) is 0 Å². The van der Waals surface area contributed by atoms with E-state index >= 15 is 0 Å². The summed E-state index contributed by atoms with van der Waals surface area (Å²) in [5, 5.41) is 24.7. The zero-order chi connectivity index (χ0) is 15.4. The van der Waals surface area contributed by atoms with Gasteiger partial charge in [0.1, 0.15) is 30.9 Å². The smallest absolute Gasteiger partial charge is 0.252 e. The van der Waals surface area contributed by atoms with Crippen molar-refractivity contribution in [2.75, 3.05) is 6.61 Å². The van der Waals surface area contributed by atoms with Crippen LogP contribution in [-0.2, 0) is 6.54 Å². The molecule has 0 spiro atoms. The van der Waals surface area contributed by atoms with Crippen LogP contribution in [0.4, 0.5) is 0 Å². The number of nitriles is 1. The largest absolute Gasteiger partial charge is 0.491 e. The standard InChI is InChI=1S/C16H14N4O2/c17-8-16-18-11-20(19-16)9-14(21)10-22-15-6-5-12-3-1-2-4-13(12)7-15/h1-7,11,14,21H,9-10H2. The molecule has 0 aliphatic carbocycles. The number of hydrogen-bond acceptors (Lipinski definition) is 5. The maximum absolute atomic E-state index is 9.96. The Morgan fingerprint density at radius 3 is 2.82 bits per heavy atom. The molecule has 0 bridgehead atoms. The summed E-state index contributed by atoms with van der Waals surface area (Å²) < 4.78 is 7.03. The summed E-state index contributed by atoms with van der Waals surface area (Å²) in [6, 6.07) is 15.6. The molecule has 1 heterocycles. The van der Waals surface area contributed by atoms with Crippen LogP contribution in [-0.4, -0.2) is 32.6 Å². The van der Waals surface area contributed by atoms with E-state index in [0.29, 0.717) is 5.75 Å². The van der Waals surface area contributed by atoms with E-state index in [4.69, 9.17) is 10.00 Å². The Morgan fingerprint density at radius 1 is 1.23 bits per heavy atom. The van der Waals surface area contributed by atoms with E-state index in [9.17, 15) is 5.11 Å². The molecule has 0 aliphatic rings. The quantitative estimate of drug-likeness (QED) is 0.775. The fraction of sp³-hybridized carbons (Fsp3) is 0.188. The van der Waals surface area contributed by atoms with Crippen molar-refractivity contribution in [3.8, 4) is 11.8 Å². The van der Waals surface area contributed by atoms with Gasteiger partial charge in [0.15, 0.2) is 0 Å². The number of fused-ring (bicyclic) bond motifs is 1. The van der Waals surface area contributed by atoms with Crippen molar-refractivity contribution in [2.45, 2.75) is 12.6 Å². The molecule has 22 heavy (non-hydrogen) atoms. The minimum Gasteiger partial charge on any atom is -0.491 e. The van der Waals surface area contributed by atoms with E-state index in [1.54, 1.807) is 0 Å². The third kappa shape index (κ3) is 3.22. The summed E-state index contributed by atoms with van der Waals surface area (Å²) in [6.45, 7) is 0.363. The highest BCUT2D eigenvalue weighted by molar-refractivity contribution is 5.83. The van der Waals surface area contributed by atoms with Crippen LogP contribution in [0.25, 0.3) is 10.8 Å². The fourth-order valence-corrected chi connectivity index (χ4v) is 2.15. The van der Waals surface area contributed by atoms with Gasteiger partial charge in [0.25, 0.3) is 5.82 Å². The fourth-order valence-electron chi connectivity index (χ4n) is 2.15. The Kier molecular flexibility index (Phi) is 3.99. The Morgan fingerprint density at radius 2 is 2.05 bits per heavy atom. The topological polar surface area (TPSA) is 84.0 Å². The van der Waals surface area contributed by atoms with Crippen molar-refractivity contribution in [3.05, 3.63) is 54.6 Å². The second-order valence-electron chi connectivity index (χ2n) is 4.88. The van der Waals surface area contributed by atoms with Crippen LogP contribution in [0.15, 0.2) is 48.8 Å². The lowest BCUT2D eigenvalue weighted by Gasteiger charge is -2.12. The molecule has 110 valence electrons. The molecule has 1 N–H and O–H groups in total. The molecular formula is C16H14N4O2. The van der Waals surface area contributed by atoms with E-state index in [-0.39, 0.29) is 19.0 Å². The molecule has 0 aliphatic heterocycles. The lowest BCUT2D eigenvalue weighted by atomic mass is 10.1. The minimum atomic E-state index is -0.736. The van der Waals surface area contributed by atoms with Gasteiger partial charge in [-0.05, 0) is 22.9 Å². The summed E-state index contributed by atoms with van der Waals surface area (Å²) in [4.78, 5) is 3.78. The summed E-state index contributed by atoms with van der Waals surface area (Å²) in [5.74, 6) is 0.789. The van der Waals surface area contributed by atoms with Gasteiger partial charge in [-0.2, -0.15) is 5.26 Å². The van der Waals surface area contributed by atoms with Gasteiger partial charge in [-0.25, -0.2) is 9.67 Å². The maximum Gasteiger partial charge on any atom is 0.252 e. The molecule has 0 saturated carbocycles. The van der Waals surface area contributed by atoms with Crippen molar-refractivity contribution in [2.24, 2.45) is 0 Å². The van der Waals surface area contributed by atoms with E-state index in [1.165, 1.54) is 11.0 Å². The molecular weight excluding hydrogens is 280 g/mol. The van der Waals surface area contributed by atoms with Gasteiger partial charge in [0.2, 0.25) is 0 Å². The number of aliphatic hydroxyl groups is 1. The monoisotopic (exact) mass is 294 g/mol. The SMILES string of the molecule is N#Cc1ncn(CC(O)COc2ccc3ccccc3c2)n1. The van der Waals surface area contributed by atoms with Crippen LogP contribution in [0, 0.1) is 11.3 Å². The number of aromatic nitrogens is 3. The molecule has 0 amide bonds. The summed E-state index contributed by atoms with van der Waals surface area (Å²) in [5.41, 5.74) is 0. The van der Waals surface area contributed by atoms with Gasteiger partial charge in [0, 0.05) is 0 Å². The van der Waals surface area contributed by atoms with Crippen molar-refractivity contribution in [1.82, 2.24) is 14.8 Å². The highest BCUT2D eigenvalue weighted by Gasteiger charge is 2.09.